The average Bonchev–Trinajstić information content (AvgIpc) is 2.81. The number of nitrogens with one attached hydrogen (secondary N) is 2. The van der Waals surface area contributed by atoms with Gasteiger partial charge >= 0.3 is 0 Å². The number of nitrogens with two attached hydrogens (primary N) is 1. The van der Waals surface area contributed by atoms with Gasteiger partial charge in [-0.3, -0.25) is 4.79 Å². The minimum absolute atomic E-state index is 0.00880. The number of alkyl halides is 1. The molecule has 1 aromatic heterocycles. The van der Waals surface area contributed by atoms with Crippen molar-refractivity contribution in [2.45, 2.75) is 53.7 Å². The number of halogens is 3. The van der Waals surface area contributed by atoms with E-state index in [1.165, 1.54) is 12.1 Å². The third kappa shape index (κ3) is 6.23. The summed E-state index contributed by atoms with van der Waals surface area (Å²) in [5.41, 5.74) is 5.27. The number of amides is 1. The Morgan fingerprint density at radius 1 is 1.23 bits per heavy atom. The van der Waals surface area contributed by atoms with Crippen molar-refractivity contribution >= 4 is 71.9 Å². The Bertz CT molecular complexity index is 1200. The SMILES string of the molecule is NC(=O)c1c(F)cccc1Nc1nc(NC2CCN(S(=O)(=O)C3CCC[C@H](I)C3)CC2)ncc1Br. The molecule has 1 saturated heterocycles. The van der Waals surface area contributed by atoms with E-state index in [0.717, 1.165) is 31.7 Å². The Kier molecular flexibility index (Phi) is 8.49. The molecular formula is C22H27BrFIN6O3S. The van der Waals surface area contributed by atoms with Gasteiger partial charge in [-0.2, -0.15) is 4.98 Å². The zero-order valence-electron chi connectivity index (χ0n) is 18.9. The van der Waals surface area contributed by atoms with Gasteiger partial charge in [0.25, 0.3) is 5.91 Å². The summed E-state index contributed by atoms with van der Waals surface area (Å²) in [5, 5.41) is 5.93. The number of sulfonamides is 1. The lowest BCUT2D eigenvalue weighted by atomic mass is 10.0. The van der Waals surface area contributed by atoms with Crippen molar-refractivity contribution in [3.8, 4) is 0 Å². The molecule has 4 N–H and O–H groups in total. The van der Waals surface area contributed by atoms with E-state index < -0.39 is 21.7 Å². The van der Waals surface area contributed by atoms with Gasteiger partial charge < -0.3 is 16.4 Å². The van der Waals surface area contributed by atoms with Crippen LogP contribution < -0.4 is 16.4 Å². The fraction of sp³-hybridized carbons (Fsp3) is 0.500. The number of carbonyl (C=O) groups is 1. The van der Waals surface area contributed by atoms with E-state index in [1.54, 1.807) is 10.5 Å². The van der Waals surface area contributed by atoms with Crippen LogP contribution in [0.1, 0.15) is 48.9 Å². The van der Waals surface area contributed by atoms with Crippen LogP contribution in [0.5, 0.6) is 0 Å². The highest BCUT2D eigenvalue weighted by Crippen LogP contribution is 2.32. The van der Waals surface area contributed by atoms with E-state index in [9.17, 15) is 17.6 Å². The molecule has 1 aliphatic heterocycles. The van der Waals surface area contributed by atoms with Gasteiger partial charge in [0.1, 0.15) is 11.6 Å². The molecule has 35 heavy (non-hydrogen) atoms. The molecule has 190 valence electrons. The first-order chi connectivity index (χ1) is 16.6. The summed E-state index contributed by atoms with van der Waals surface area (Å²) in [6, 6.07) is 4.17. The second kappa shape index (κ2) is 11.2. The van der Waals surface area contributed by atoms with Crippen LogP contribution in [0.15, 0.2) is 28.9 Å². The van der Waals surface area contributed by atoms with Crippen molar-refractivity contribution in [3.63, 3.8) is 0 Å². The first-order valence-corrected chi connectivity index (χ1v) is 15.0. The summed E-state index contributed by atoms with van der Waals surface area (Å²) in [5.74, 6) is -0.941. The molecule has 1 aliphatic carbocycles. The molecule has 1 aromatic carbocycles. The minimum atomic E-state index is -3.29. The van der Waals surface area contributed by atoms with Gasteiger partial charge in [0, 0.05) is 29.3 Å². The van der Waals surface area contributed by atoms with Crippen molar-refractivity contribution in [1.29, 1.82) is 0 Å². The maximum atomic E-state index is 14.1. The van der Waals surface area contributed by atoms with Gasteiger partial charge in [-0.25, -0.2) is 22.1 Å². The Morgan fingerprint density at radius 2 is 1.97 bits per heavy atom. The van der Waals surface area contributed by atoms with Crippen molar-refractivity contribution in [1.82, 2.24) is 14.3 Å². The Hall–Kier alpha value is -1.58. The zero-order valence-corrected chi connectivity index (χ0v) is 23.4. The van der Waals surface area contributed by atoms with Crippen molar-refractivity contribution in [3.05, 3.63) is 40.2 Å². The van der Waals surface area contributed by atoms with Gasteiger partial charge in [-0.15, -0.1) is 0 Å². The van der Waals surface area contributed by atoms with Crippen LogP contribution in [0, 0.1) is 5.82 Å². The standard InChI is InChI=1S/C22H27BrFIN6O3S/c23-16-12-27-22(30-21(16)29-18-6-2-5-17(24)19(18)20(26)32)28-14-7-9-31(10-8-14)35(33,34)15-4-1-3-13(25)11-15/h2,5-6,12-15H,1,3-4,7-11H2,(H2,26,32)(H2,27,28,29,30)/t13-,15?/m0/s1. The quantitative estimate of drug-likeness (QED) is 0.296. The van der Waals surface area contributed by atoms with Crippen molar-refractivity contribution in [2.24, 2.45) is 5.73 Å². The number of primary amides is 1. The second-order valence-corrected chi connectivity index (χ2v) is 13.6. The predicted octanol–water partition coefficient (Wildman–Crippen LogP) is 4.17. The molecule has 4 rings (SSSR count). The lowest BCUT2D eigenvalue weighted by molar-refractivity contribution is 0.0997. The van der Waals surface area contributed by atoms with Gasteiger partial charge in [0.05, 0.1) is 21.0 Å². The smallest absolute Gasteiger partial charge is 0.253 e. The Balaban J connectivity index is 1.40. The van der Waals surface area contributed by atoms with E-state index in [4.69, 9.17) is 5.73 Å². The maximum Gasteiger partial charge on any atom is 0.253 e. The molecule has 2 atom stereocenters. The molecule has 9 nitrogen and oxygen atoms in total. The lowest BCUT2D eigenvalue weighted by Gasteiger charge is -2.35. The monoisotopic (exact) mass is 680 g/mol. The highest BCUT2D eigenvalue weighted by atomic mass is 127. The van der Waals surface area contributed by atoms with Crippen molar-refractivity contribution in [2.75, 3.05) is 23.7 Å². The van der Waals surface area contributed by atoms with Gasteiger partial charge in [0.15, 0.2) is 0 Å². The van der Waals surface area contributed by atoms with E-state index in [2.05, 4.69) is 59.1 Å². The fourth-order valence-electron chi connectivity index (χ4n) is 4.54. The average molecular weight is 681 g/mol. The normalized spacial score (nSPS) is 22.0. The van der Waals surface area contributed by atoms with E-state index in [1.807, 2.05) is 0 Å². The van der Waals surface area contributed by atoms with Crippen LogP contribution in [0.2, 0.25) is 0 Å². The molecule has 2 aliphatic rings. The summed E-state index contributed by atoms with van der Waals surface area (Å²) >= 11 is 5.73. The molecule has 1 saturated carbocycles. The first-order valence-electron chi connectivity index (χ1n) is 11.4. The molecule has 13 heteroatoms. The van der Waals surface area contributed by atoms with Gasteiger partial charge in [-0.05, 0) is 60.2 Å². The van der Waals surface area contributed by atoms with E-state index in [-0.39, 0.29) is 22.5 Å². The predicted molar refractivity (Wildman–Crippen MR) is 145 cm³/mol. The zero-order chi connectivity index (χ0) is 25.2. The minimum Gasteiger partial charge on any atom is -0.365 e. The third-order valence-corrected chi connectivity index (χ3v) is 10.5. The number of hydrogen-bond acceptors (Lipinski definition) is 7. The number of piperidine rings is 1. The molecule has 2 aromatic rings. The summed E-state index contributed by atoms with van der Waals surface area (Å²) in [4.78, 5) is 20.4. The number of nitrogens with zero attached hydrogens (tertiary/aromatic N) is 3. The maximum absolute atomic E-state index is 14.1. The van der Waals surface area contributed by atoms with Crippen LogP contribution in [0.25, 0.3) is 0 Å². The molecule has 2 fully saturated rings. The van der Waals surface area contributed by atoms with E-state index in [0.29, 0.717) is 46.1 Å². The largest absolute Gasteiger partial charge is 0.365 e. The highest BCUT2D eigenvalue weighted by Gasteiger charge is 2.37. The third-order valence-electron chi connectivity index (χ3n) is 6.39. The fourth-order valence-corrected chi connectivity index (χ4v) is 8.31. The number of aromatic nitrogens is 2. The summed E-state index contributed by atoms with van der Waals surface area (Å²) in [6.45, 7) is 0.907. The summed E-state index contributed by atoms with van der Waals surface area (Å²) in [7, 11) is -3.29. The van der Waals surface area contributed by atoms with Crippen LogP contribution >= 0.6 is 38.5 Å². The highest BCUT2D eigenvalue weighted by molar-refractivity contribution is 14.1. The van der Waals surface area contributed by atoms with Crippen molar-refractivity contribution < 1.29 is 17.6 Å². The number of benzene rings is 1. The lowest BCUT2D eigenvalue weighted by Crippen LogP contribution is -2.47. The second-order valence-electron chi connectivity index (χ2n) is 8.79. The molecule has 1 unspecified atom stereocenters. The molecular weight excluding hydrogens is 654 g/mol. The van der Waals surface area contributed by atoms with Gasteiger partial charge in [-0.1, -0.05) is 35.1 Å². The number of anilines is 3. The number of rotatable bonds is 7. The number of hydrogen-bond donors (Lipinski definition) is 3. The van der Waals surface area contributed by atoms with Crippen LogP contribution in [-0.4, -0.2) is 56.9 Å². The Morgan fingerprint density at radius 3 is 2.66 bits per heavy atom. The van der Waals surface area contributed by atoms with Gasteiger partial charge in [0.2, 0.25) is 16.0 Å². The molecule has 0 bridgehead atoms. The summed E-state index contributed by atoms with van der Waals surface area (Å²) < 4.78 is 42.9. The molecule has 0 spiro atoms. The summed E-state index contributed by atoms with van der Waals surface area (Å²) in [6.07, 6.45) is 6.34. The van der Waals surface area contributed by atoms with E-state index >= 15 is 0 Å². The molecule has 2 heterocycles. The topological polar surface area (TPSA) is 130 Å². The first kappa shape index (κ1) is 26.5. The molecule has 1 amide bonds. The Labute approximate surface area is 226 Å². The number of carbonyl (C=O) groups excluding carboxylic acids is 1. The van der Waals surface area contributed by atoms with Crippen LogP contribution in [0.3, 0.4) is 0 Å². The van der Waals surface area contributed by atoms with Crippen LogP contribution in [-0.2, 0) is 10.0 Å². The molecule has 0 radical (unpaired) electrons. The van der Waals surface area contributed by atoms with Crippen LogP contribution in [0.4, 0.5) is 21.8 Å².